The topological polar surface area (TPSA) is 6.48 Å². The molecule has 2 aliphatic rings. The molecule has 0 aromatic heterocycles. The number of rotatable bonds is 3. The van der Waals surface area contributed by atoms with Crippen LogP contribution in [0.1, 0.15) is 0 Å². The first kappa shape index (κ1) is 15.8. The van der Waals surface area contributed by atoms with Gasteiger partial charge in [0.25, 0.3) is 0 Å². The van der Waals surface area contributed by atoms with E-state index in [1.807, 2.05) is 0 Å². The number of hydrogen-bond donors (Lipinski definition) is 0. The standard InChI is InChI=1S/C21H26N2Si/c1-22-13-15-23(16-14-22)19-12-17-24(18-19,20-8-4-2-5-9-20)21-10-6-3-7-11-21/h2-12,17,19H,13-16,18H2,1H3. The van der Waals surface area contributed by atoms with E-state index in [4.69, 9.17) is 0 Å². The Morgan fingerprint density at radius 1 is 0.792 bits per heavy atom. The zero-order valence-corrected chi connectivity index (χ0v) is 15.4. The molecule has 2 aromatic rings. The van der Waals surface area contributed by atoms with Crippen molar-refractivity contribution >= 4 is 18.4 Å². The highest BCUT2D eigenvalue weighted by Gasteiger charge is 2.42. The van der Waals surface area contributed by atoms with Crippen LogP contribution < -0.4 is 10.4 Å². The lowest BCUT2D eigenvalue weighted by atomic mass is 10.2. The molecule has 0 amide bonds. The molecule has 0 spiro atoms. The Kier molecular flexibility index (Phi) is 4.40. The quantitative estimate of drug-likeness (QED) is 0.792. The van der Waals surface area contributed by atoms with Crippen LogP contribution in [0.4, 0.5) is 0 Å². The van der Waals surface area contributed by atoms with Gasteiger partial charge >= 0.3 is 0 Å². The van der Waals surface area contributed by atoms with E-state index >= 15 is 0 Å². The van der Waals surface area contributed by atoms with Gasteiger partial charge < -0.3 is 4.90 Å². The first-order valence-electron chi connectivity index (χ1n) is 9.01. The van der Waals surface area contributed by atoms with Crippen LogP contribution in [-0.2, 0) is 0 Å². The van der Waals surface area contributed by atoms with Crippen LogP contribution in [0.5, 0.6) is 0 Å². The minimum Gasteiger partial charge on any atom is -0.304 e. The maximum absolute atomic E-state index is 2.69. The van der Waals surface area contributed by atoms with Crippen molar-refractivity contribution in [2.75, 3.05) is 33.2 Å². The lowest BCUT2D eigenvalue weighted by molar-refractivity contribution is 0.137. The summed E-state index contributed by atoms with van der Waals surface area (Å²) in [5.41, 5.74) is 2.60. The molecule has 2 aromatic carbocycles. The van der Waals surface area contributed by atoms with E-state index in [1.165, 1.54) is 32.2 Å². The van der Waals surface area contributed by atoms with Gasteiger partial charge in [-0.15, -0.1) is 0 Å². The van der Waals surface area contributed by atoms with Crippen LogP contribution in [0.25, 0.3) is 0 Å². The molecule has 0 saturated carbocycles. The highest BCUT2D eigenvalue weighted by molar-refractivity contribution is 7.06. The van der Waals surface area contributed by atoms with E-state index in [-0.39, 0.29) is 0 Å². The molecule has 0 N–H and O–H groups in total. The van der Waals surface area contributed by atoms with Gasteiger partial charge in [0.05, 0.1) is 0 Å². The minimum absolute atomic E-state index is 0.603. The smallest absolute Gasteiger partial charge is 0.142 e. The molecule has 2 heterocycles. The summed E-state index contributed by atoms with van der Waals surface area (Å²) >= 11 is 0. The van der Waals surface area contributed by atoms with Gasteiger partial charge in [-0.2, -0.15) is 0 Å². The van der Waals surface area contributed by atoms with Gasteiger partial charge in [0.1, 0.15) is 8.07 Å². The van der Waals surface area contributed by atoms with Crippen molar-refractivity contribution in [1.82, 2.24) is 9.80 Å². The van der Waals surface area contributed by atoms with E-state index in [0.717, 1.165) is 0 Å². The molecular weight excluding hydrogens is 308 g/mol. The Labute approximate surface area is 146 Å². The summed E-state index contributed by atoms with van der Waals surface area (Å²) in [6, 6.07) is 24.3. The molecule has 4 rings (SSSR count). The highest BCUT2D eigenvalue weighted by atomic mass is 28.3. The molecule has 1 atom stereocenters. The lowest BCUT2D eigenvalue weighted by Gasteiger charge is -2.37. The fraction of sp³-hybridized carbons (Fsp3) is 0.333. The lowest BCUT2D eigenvalue weighted by Crippen LogP contribution is -2.58. The third-order valence-electron chi connectivity index (χ3n) is 5.72. The van der Waals surface area contributed by atoms with Gasteiger partial charge in [-0.3, -0.25) is 4.90 Å². The number of piperazine rings is 1. The molecule has 0 radical (unpaired) electrons. The van der Waals surface area contributed by atoms with Crippen LogP contribution in [-0.4, -0.2) is 57.1 Å². The predicted octanol–water partition coefficient (Wildman–Crippen LogP) is 1.97. The second kappa shape index (κ2) is 6.67. The van der Waals surface area contributed by atoms with Crippen LogP contribution in [0, 0.1) is 0 Å². The van der Waals surface area contributed by atoms with E-state index in [2.05, 4.69) is 89.3 Å². The summed E-state index contributed by atoms with van der Waals surface area (Å²) in [6.07, 6.45) is 2.51. The fourth-order valence-electron chi connectivity index (χ4n) is 4.21. The Hall–Kier alpha value is -1.68. The molecule has 1 saturated heterocycles. The molecule has 0 aliphatic carbocycles. The summed E-state index contributed by atoms with van der Waals surface area (Å²) in [7, 11) is 0.447. The third-order valence-corrected chi connectivity index (χ3v) is 10.3. The second-order valence-electron chi connectivity index (χ2n) is 7.17. The number of hydrogen-bond acceptors (Lipinski definition) is 2. The highest BCUT2D eigenvalue weighted by Crippen LogP contribution is 2.27. The zero-order chi connectivity index (χ0) is 16.4. The molecule has 1 unspecified atom stereocenters. The summed E-state index contributed by atoms with van der Waals surface area (Å²) in [4.78, 5) is 5.13. The molecular formula is C21H26N2Si. The maximum atomic E-state index is 2.69. The molecule has 1 fully saturated rings. The van der Waals surface area contributed by atoms with Crippen LogP contribution in [0.3, 0.4) is 0 Å². The van der Waals surface area contributed by atoms with E-state index < -0.39 is 8.07 Å². The number of likely N-dealkylation sites (N-methyl/N-ethyl adjacent to an activating group) is 1. The van der Waals surface area contributed by atoms with Crippen LogP contribution in [0.15, 0.2) is 72.4 Å². The zero-order valence-electron chi connectivity index (χ0n) is 14.4. The second-order valence-corrected chi connectivity index (χ2v) is 11.0. The van der Waals surface area contributed by atoms with Gasteiger partial charge in [-0.05, 0) is 23.5 Å². The van der Waals surface area contributed by atoms with Crippen molar-refractivity contribution < 1.29 is 0 Å². The largest absolute Gasteiger partial charge is 0.304 e. The van der Waals surface area contributed by atoms with Gasteiger partial charge in [-0.1, -0.05) is 72.4 Å². The summed E-state index contributed by atoms with van der Waals surface area (Å²) in [5.74, 6) is 0. The molecule has 24 heavy (non-hydrogen) atoms. The SMILES string of the molecule is CN1CCN(C2C=C[Si](c3ccccc3)(c3ccccc3)C2)CC1. The van der Waals surface area contributed by atoms with Crippen LogP contribution >= 0.6 is 0 Å². The summed E-state index contributed by atoms with van der Waals surface area (Å²) in [5, 5.41) is 3.09. The molecule has 2 aliphatic heterocycles. The minimum atomic E-state index is -1.78. The Morgan fingerprint density at radius 2 is 1.33 bits per heavy atom. The molecule has 124 valence electrons. The van der Waals surface area contributed by atoms with Gasteiger partial charge in [0.2, 0.25) is 0 Å². The van der Waals surface area contributed by atoms with Crippen molar-refractivity contribution in [1.29, 1.82) is 0 Å². The van der Waals surface area contributed by atoms with Crippen molar-refractivity contribution in [2.24, 2.45) is 0 Å². The van der Waals surface area contributed by atoms with E-state index in [9.17, 15) is 0 Å². The Morgan fingerprint density at radius 3 is 1.88 bits per heavy atom. The summed E-state index contributed by atoms with van der Waals surface area (Å²) < 4.78 is 0. The first-order valence-corrected chi connectivity index (χ1v) is 11.3. The van der Waals surface area contributed by atoms with Crippen LogP contribution in [0.2, 0.25) is 6.04 Å². The predicted molar refractivity (Wildman–Crippen MR) is 105 cm³/mol. The van der Waals surface area contributed by atoms with E-state index in [1.54, 1.807) is 10.4 Å². The van der Waals surface area contributed by atoms with Gasteiger partial charge in [0.15, 0.2) is 0 Å². The van der Waals surface area contributed by atoms with Crippen molar-refractivity contribution in [3.63, 3.8) is 0 Å². The monoisotopic (exact) mass is 334 g/mol. The van der Waals surface area contributed by atoms with Gasteiger partial charge in [0, 0.05) is 32.2 Å². The Balaban J connectivity index is 1.66. The fourth-order valence-corrected chi connectivity index (χ4v) is 8.72. The summed E-state index contributed by atoms with van der Waals surface area (Å²) in [6.45, 7) is 4.77. The normalized spacial score (nSPS) is 24.3. The van der Waals surface area contributed by atoms with Crippen molar-refractivity contribution in [2.45, 2.75) is 12.1 Å². The average molecular weight is 335 g/mol. The van der Waals surface area contributed by atoms with Crippen molar-refractivity contribution in [3.05, 3.63) is 72.4 Å². The third kappa shape index (κ3) is 2.88. The average Bonchev–Trinajstić information content (AvgIpc) is 3.10. The van der Waals surface area contributed by atoms with Gasteiger partial charge in [-0.25, -0.2) is 0 Å². The van der Waals surface area contributed by atoms with Crippen molar-refractivity contribution in [3.8, 4) is 0 Å². The number of nitrogens with zero attached hydrogens (tertiary/aromatic N) is 2. The Bertz CT molecular complexity index is 651. The first-order chi connectivity index (χ1) is 11.8. The molecule has 3 heteroatoms. The molecule has 2 nitrogen and oxygen atoms in total. The van der Waals surface area contributed by atoms with E-state index in [0.29, 0.717) is 6.04 Å². The molecule has 0 bridgehead atoms. The maximum Gasteiger partial charge on any atom is 0.142 e. The number of benzene rings is 2.